The Kier molecular flexibility index (Phi) is 6.21. The van der Waals surface area contributed by atoms with Gasteiger partial charge in [0.15, 0.2) is 0 Å². The highest BCUT2D eigenvalue weighted by molar-refractivity contribution is 7.98. The second-order valence-electron chi connectivity index (χ2n) is 6.15. The third-order valence-electron chi connectivity index (χ3n) is 4.42. The fourth-order valence-corrected chi connectivity index (χ4v) is 4.87. The van der Waals surface area contributed by atoms with E-state index in [0.717, 1.165) is 10.5 Å². The Bertz CT molecular complexity index is 938. The molecule has 1 N–H and O–H groups in total. The van der Waals surface area contributed by atoms with E-state index in [1.807, 2.05) is 30.5 Å². The summed E-state index contributed by atoms with van der Waals surface area (Å²) < 4.78 is 32.4. The number of thioether (sulfide) groups is 1. The van der Waals surface area contributed by atoms with Crippen LogP contribution in [-0.2, 0) is 14.8 Å². The number of rotatable bonds is 5. The minimum Gasteiger partial charge on any atom is -0.379 e. The molecule has 1 saturated heterocycles. The van der Waals surface area contributed by atoms with E-state index in [1.54, 1.807) is 19.1 Å². The van der Waals surface area contributed by atoms with E-state index < -0.39 is 10.0 Å². The Morgan fingerprint density at radius 1 is 1.15 bits per heavy atom. The molecule has 0 aliphatic carbocycles. The quantitative estimate of drug-likeness (QED) is 0.773. The molecule has 2 aromatic rings. The molecule has 0 radical (unpaired) electrons. The molecule has 0 bridgehead atoms. The third-order valence-corrected chi connectivity index (χ3v) is 7.11. The summed E-state index contributed by atoms with van der Waals surface area (Å²) in [6.07, 6.45) is 1.94. The molecule has 0 aromatic heterocycles. The zero-order chi connectivity index (χ0) is 19.4. The first-order valence-corrected chi connectivity index (χ1v) is 11.2. The van der Waals surface area contributed by atoms with Crippen molar-refractivity contribution in [1.82, 2.24) is 4.31 Å². The lowest BCUT2D eigenvalue weighted by molar-refractivity contribution is 0.0730. The number of ether oxygens (including phenoxy) is 1. The molecule has 2 aromatic carbocycles. The lowest BCUT2D eigenvalue weighted by Crippen LogP contribution is -2.40. The van der Waals surface area contributed by atoms with Gasteiger partial charge in [0.25, 0.3) is 5.91 Å². The normalized spacial score (nSPS) is 15.5. The summed E-state index contributed by atoms with van der Waals surface area (Å²) >= 11 is 1.53. The Hall–Kier alpha value is -1.87. The lowest BCUT2D eigenvalue weighted by Gasteiger charge is -2.26. The summed E-state index contributed by atoms with van der Waals surface area (Å²) in [5.41, 5.74) is 1.77. The fourth-order valence-electron chi connectivity index (χ4n) is 2.88. The van der Waals surface area contributed by atoms with Crippen LogP contribution in [-0.4, -0.2) is 51.2 Å². The molecule has 8 heteroatoms. The van der Waals surface area contributed by atoms with Crippen molar-refractivity contribution in [3.05, 3.63) is 53.6 Å². The monoisotopic (exact) mass is 406 g/mol. The van der Waals surface area contributed by atoms with E-state index in [-0.39, 0.29) is 10.8 Å². The number of nitrogens with zero attached hydrogens (tertiary/aromatic N) is 1. The number of sulfonamides is 1. The minimum absolute atomic E-state index is 0.123. The van der Waals surface area contributed by atoms with Crippen molar-refractivity contribution in [2.45, 2.75) is 16.7 Å². The molecular weight excluding hydrogens is 384 g/mol. The molecule has 27 heavy (non-hydrogen) atoms. The van der Waals surface area contributed by atoms with Crippen LogP contribution in [0, 0.1) is 6.92 Å². The molecule has 0 saturated carbocycles. The van der Waals surface area contributed by atoms with Gasteiger partial charge in [0.2, 0.25) is 10.0 Å². The van der Waals surface area contributed by atoms with Gasteiger partial charge in [-0.2, -0.15) is 4.31 Å². The maximum Gasteiger partial charge on any atom is 0.256 e. The van der Waals surface area contributed by atoms with Crippen LogP contribution in [0.25, 0.3) is 0 Å². The van der Waals surface area contributed by atoms with Crippen molar-refractivity contribution in [1.29, 1.82) is 0 Å². The number of anilines is 1. The Morgan fingerprint density at radius 2 is 1.85 bits per heavy atom. The van der Waals surface area contributed by atoms with Crippen molar-refractivity contribution in [2.75, 3.05) is 37.9 Å². The van der Waals surface area contributed by atoms with Crippen LogP contribution in [0.2, 0.25) is 0 Å². The summed E-state index contributed by atoms with van der Waals surface area (Å²) in [5, 5.41) is 2.89. The number of carbonyl (C=O) groups is 1. The van der Waals surface area contributed by atoms with E-state index in [1.165, 1.54) is 22.1 Å². The Labute approximate surface area is 164 Å². The molecule has 0 unspecified atom stereocenters. The van der Waals surface area contributed by atoms with Gasteiger partial charge >= 0.3 is 0 Å². The number of nitrogens with one attached hydrogen (secondary N) is 1. The number of carbonyl (C=O) groups excluding carboxylic acids is 1. The van der Waals surface area contributed by atoms with Gasteiger partial charge in [-0.25, -0.2) is 8.42 Å². The van der Waals surface area contributed by atoms with Crippen LogP contribution in [0.5, 0.6) is 0 Å². The second-order valence-corrected chi connectivity index (χ2v) is 8.93. The number of amides is 1. The van der Waals surface area contributed by atoms with Crippen LogP contribution in [0.4, 0.5) is 5.69 Å². The molecule has 1 aliphatic rings. The van der Waals surface area contributed by atoms with E-state index >= 15 is 0 Å². The summed E-state index contributed by atoms with van der Waals surface area (Å²) in [5.74, 6) is -0.326. The van der Waals surface area contributed by atoms with Crippen molar-refractivity contribution in [3.63, 3.8) is 0 Å². The fraction of sp³-hybridized carbons (Fsp3) is 0.316. The number of morpholine rings is 1. The Morgan fingerprint density at radius 3 is 2.56 bits per heavy atom. The lowest BCUT2D eigenvalue weighted by atomic mass is 10.1. The van der Waals surface area contributed by atoms with Crippen LogP contribution >= 0.6 is 11.8 Å². The highest BCUT2D eigenvalue weighted by Crippen LogP contribution is 2.26. The van der Waals surface area contributed by atoms with Gasteiger partial charge in [0.1, 0.15) is 0 Å². The van der Waals surface area contributed by atoms with Crippen LogP contribution < -0.4 is 5.32 Å². The van der Waals surface area contributed by atoms with Gasteiger partial charge in [-0.15, -0.1) is 11.8 Å². The van der Waals surface area contributed by atoms with E-state index in [9.17, 15) is 13.2 Å². The van der Waals surface area contributed by atoms with Crippen LogP contribution in [0.15, 0.2) is 52.3 Å². The van der Waals surface area contributed by atoms with Gasteiger partial charge < -0.3 is 10.1 Å². The van der Waals surface area contributed by atoms with Crippen LogP contribution in [0.1, 0.15) is 15.9 Å². The molecule has 1 aliphatic heterocycles. The van der Waals surface area contributed by atoms with Gasteiger partial charge in [-0.3, -0.25) is 4.79 Å². The third kappa shape index (κ3) is 4.35. The molecule has 1 heterocycles. The molecular formula is C19H22N2O4S2. The van der Waals surface area contributed by atoms with E-state index in [4.69, 9.17) is 4.74 Å². The topological polar surface area (TPSA) is 75.7 Å². The maximum atomic E-state index is 12.9. The Balaban J connectivity index is 1.90. The first-order chi connectivity index (χ1) is 12.9. The first kappa shape index (κ1) is 19.9. The molecule has 1 fully saturated rings. The smallest absolute Gasteiger partial charge is 0.256 e. The molecule has 1 amide bonds. The minimum atomic E-state index is -3.65. The van der Waals surface area contributed by atoms with Crippen molar-refractivity contribution in [3.8, 4) is 0 Å². The maximum absolute atomic E-state index is 12.9. The van der Waals surface area contributed by atoms with Crippen molar-refractivity contribution >= 4 is 33.4 Å². The summed E-state index contributed by atoms with van der Waals surface area (Å²) in [4.78, 5) is 13.9. The van der Waals surface area contributed by atoms with Crippen molar-refractivity contribution < 1.29 is 17.9 Å². The molecule has 3 rings (SSSR count). The SMILES string of the molecule is CSc1ccccc1NC(=O)c1cc(S(=O)(=O)N2CCOCC2)ccc1C. The number of benzene rings is 2. The predicted octanol–water partition coefficient (Wildman–Crippen LogP) is 2.99. The number of para-hydroxylation sites is 1. The zero-order valence-electron chi connectivity index (χ0n) is 15.3. The highest BCUT2D eigenvalue weighted by Gasteiger charge is 2.27. The largest absolute Gasteiger partial charge is 0.379 e. The predicted molar refractivity (Wildman–Crippen MR) is 107 cm³/mol. The summed E-state index contributed by atoms with van der Waals surface area (Å²) in [6, 6.07) is 12.2. The molecule has 6 nitrogen and oxygen atoms in total. The van der Waals surface area contributed by atoms with E-state index in [0.29, 0.717) is 37.6 Å². The summed E-state index contributed by atoms with van der Waals surface area (Å²) in [6.45, 7) is 3.19. The highest BCUT2D eigenvalue weighted by atomic mass is 32.2. The van der Waals surface area contributed by atoms with Crippen LogP contribution in [0.3, 0.4) is 0 Å². The van der Waals surface area contributed by atoms with Gasteiger partial charge in [-0.05, 0) is 43.0 Å². The van der Waals surface area contributed by atoms with Gasteiger partial charge in [-0.1, -0.05) is 18.2 Å². The van der Waals surface area contributed by atoms with E-state index in [2.05, 4.69) is 5.32 Å². The zero-order valence-corrected chi connectivity index (χ0v) is 16.9. The average molecular weight is 407 g/mol. The van der Waals surface area contributed by atoms with Crippen molar-refractivity contribution in [2.24, 2.45) is 0 Å². The first-order valence-electron chi connectivity index (χ1n) is 8.56. The average Bonchev–Trinajstić information content (AvgIpc) is 2.69. The number of hydrogen-bond donors (Lipinski definition) is 1. The van der Waals surface area contributed by atoms with Gasteiger partial charge in [0, 0.05) is 23.5 Å². The standard InChI is InChI=1S/C19H22N2O4S2/c1-14-7-8-15(27(23,24)21-9-11-25-12-10-21)13-16(14)19(22)20-17-5-3-4-6-18(17)26-2/h3-8,13H,9-12H2,1-2H3,(H,20,22). The molecule has 0 atom stereocenters. The number of hydrogen-bond acceptors (Lipinski definition) is 5. The second kappa shape index (κ2) is 8.43. The number of aryl methyl sites for hydroxylation is 1. The van der Waals surface area contributed by atoms with Gasteiger partial charge in [0.05, 0.1) is 23.8 Å². The molecule has 0 spiro atoms. The summed E-state index contributed by atoms with van der Waals surface area (Å²) in [7, 11) is -3.65. The molecule has 144 valence electrons.